The van der Waals surface area contributed by atoms with Crippen LogP contribution in [0.1, 0.15) is 0 Å². The molecule has 0 aliphatic carbocycles. The molecule has 0 radical (unpaired) electrons. The molecule has 0 saturated heterocycles. The van der Waals surface area contributed by atoms with E-state index in [4.69, 9.17) is 25.3 Å². The molecule has 2 aromatic carbocycles. The number of rotatable bonds is 4. The monoisotopic (exact) mass is 420 g/mol. The predicted molar refractivity (Wildman–Crippen MR) is 116 cm³/mol. The molecular formula is C18H30P2S2Ti-4. The van der Waals surface area contributed by atoms with Crippen LogP contribution in [0.3, 0.4) is 0 Å². The minimum atomic E-state index is 0. The fourth-order valence-electron chi connectivity index (χ4n) is 1.01. The van der Waals surface area contributed by atoms with Crippen LogP contribution in [0.4, 0.5) is 0 Å². The second-order valence-electron chi connectivity index (χ2n) is 4.94. The van der Waals surface area contributed by atoms with Crippen molar-refractivity contribution in [3.8, 4) is 0 Å². The summed E-state index contributed by atoms with van der Waals surface area (Å²) in [6.45, 7) is 9.01. The van der Waals surface area contributed by atoms with Gasteiger partial charge in [0.15, 0.2) is 0 Å². The molecule has 0 bridgehead atoms. The van der Waals surface area contributed by atoms with Gasteiger partial charge in [0.2, 0.25) is 0 Å². The largest absolute Gasteiger partial charge is 0.792 e. The summed E-state index contributed by atoms with van der Waals surface area (Å²) in [5.41, 5.74) is 0. The minimum Gasteiger partial charge on any atom is -0.792 e. The third-order valence-electron chi connectivity index (χ3n) is 2.19. The first-order valence-corrected chi connectivity index (χ1v) is 13.3. The van der Waals surface area contributed by atoms with E-state index in [1.54, 1.807) is 0 Å². The first-order chi connectivity index (χ1) is 10.5. The SMILES string of the molecule is CP(C)CC[S-].CP(C)CC[S-].[Ti].c1cc[cH-]c1.c1cc[cH-]c1. The van der Waals surface area contributed by atoms with Gasteiger partial charge in [-0.2, -0.15) is 47.9 Å². The number of hydrogen-bond donors (Lipinski definition) is 0. The third-order valence-corrected chi connectivity index (χ3v) is 5.44. The normalized spacial score (nSPS) is 8.70. The van der Waals surface area contributed by atoms with Gasteiger partial charge in [-0.05, 0) is 26.7 Å². The molecule has 23 heavy (non-hydrogen) atoms. The summed E-state index contributed by atoms with van der Waals surface area (Å²) in [4.78, 5) is 0. The maximum absolute atomic E-state index is 4.74. The van der Waals surface area contributed by atoms with Crippen LogP contribution in [0.5, 0.6) is 0 Å². The van der Waals surface area contributed by atoms with E-state index in [0.717, 1.165) is 11.5 Å². The van der Waals surface area contributed by atoms with Gasteiger partial charge in [0.05, 0.1) is 0 Å². The Hall–Kier alpha value is 0.974. The van der Waals surface area contributed by atoms with Crippen molar-refractivity contribution in [1.29, 1.82) is 0 Å². The van der Waals surface area contributed by atoms with Crippen molar-refractivity contribution in [2.45, 2.75) is 0 Å². The Morgan fingerprint density at radius 2 is 0.913 bits per heavy atom. The summed E-state index contributed by atoms with van der Waals surface area (Å²) in [6.07, 6.45) is 2.51. The first-order valence-electron chi connectivity index (χ1n) is 7.33. The molecule has 2 aromatic rings. The van der Waals surface area contributed by atoms with Crippen molar-refractivity contribution < 1.29 is 21.7 Å². The average Bonchev–Trinajstić information content (AvgIpc) is 3.19. The Bertz CT molecular complexity index is 278. The van der Waals surface area contributed by atoms with Crippen LogP contribution in [0.15, 0.2) is 60.7 Å². The van der Waals surface area contributed by atoms with Crippen LogP contribution in [0.2, 0.25) is 0 Å². The zero-order valence-corrected chi connectivity index (χ0v) is 19.8. The molecule has 5 heteroatoms. The van der Waals surface area contributed by atoms with Crippen molar-refractivity contribution in [3.63, 3.8) is 0 Å². The van der Waals surface area contributed by atoms with Gasteiger partial charge in [-0.15, -0.1) is 15.8 Å². The maximum Gasteiger partial charge on any atom is 0 e. The van der Waals surface area contributed by atoms with Gasteiger partial charge in [0, 0.05) is 21.7 Å². The first kappa shape index (κ1) is 28.8. The molecule has 0 unspecified atom stereocenters. The molecule has 0 fully saturated rings. The molecule has 0 atom stereocenters. The molecule has 0 aliphatic heterocycles. The van der Waals surface area contributed by atoms with Crippen molar-refractivity contribution >= 4 is 41.1 Å². The predicted octanol–water partition coefficient (Wildman–Crippen LogP) is 5.36. The molecule has 132 valence electrons. The third kappa shape index (κ3) is 35.1. The van der Waals surface area contributed by atoms with Crippen LogP contribution >= 0.6 is 15.8 Å². The van der Waals surface area contributed by atoms with Crippen molar-refractivity contribution in [3.05, 3.63) is 60.7 Å². The topological polar surface area (TPSA) is 0 Å². The van der Waals surface area contributed by atoms with Crippen molar-refractivity contribution in [2.24, 2.45) is 0 Å². The minimum absolute atomic E-state index is 0. The zero-order chi connectivity index (χ0) is 17.1. The summed E-state index contributed by atoms with van der Waals surface area (Å²) in [6, 6.07) is 20.0. The van der Waals surface area contributed by atoms with E-state index in [1.807, 2.05) is 60.7 Å². The summed E-state index contributed by atoms with van der Waals surface area (Å²) < 4.78 is 0. The quantitative estimate of drug-likeness (QED) is 0.283. The average molecular weight is 420 g/mol. The smallest absolute Gasteiger partial charge is 0 e. The summed E-state index contributed by atoms with van der Waals surface area (Å²) in [5.74, 6) is 1.89. The van der Waals surface area contributed by atoms with Gasteiger partial charge < -0.3 is 25.3 Å². The Morgan fingerprint density at radius 1 is 0.652 bits per heavy atom. The standard InChI is InChI=1S/2C5H5.2C4H11PS.Ti/c2*1-2-4-5-3-1;2*1-5(2)3-4-6;/h2*1-5H;2*6H,3-4H2,1-2H3;/q2*-1;;;/p-2. The van der Waals surface area contributed by atoms with Crippen LogP contribution in [0, 0.1) is 0 Å². The Labute approximate surface area is 173 Å². The van der Waals surface area contributed by atoms with Gasteiger partial charge in [0.1, 0.15) is 0 Å². The Balaban J connectivity index is -0.000000229. The molecule has 0 spiro atoms. The maximum atomic E-state index is 4.74. The molecule has 0 N–H and O–H groups in total. The Morgan fingerprint density at radius 3 is 0.957 bits per heavy atom. The molecule has 0 nitrogen and oxygen atoms in total. The second-order valence-corrected chi connectivity index (χ2v) is 11.0. The van der Waals surface area contributed by atoms with E-state index in [1.165, 1.54) is 12.3 Å². The van der Waals surface area contributed by atoms with E-state index in [2.05, 4.69) is 26.7 Å². The van der Waals surface area contributed by atoms with Crippen LogP contribution in [0.25, 0.3) is 0 Å². The van der Waals surface area contributed by atoms with Crippen molar-refractivity contribution in [2.75, 3.05) is 50.5 Å². The van der Waals surface area contributed by atoms with Gasteiger partial charge in [-0.1, -0.05) is 12.3 Å². The summed E-state index contributed by atoms with van der Waals surface area (Å²) in [5, 5.41) is 0. The van der Waals surface area contributed by atoms with E-state index in [9.17, 15) is 0 Å². The van der Waals surface area contributed by atoms with E-state index >= 15 is 0 Å². The van der Waals surface area contributed by atoms with Gasteiger partial charge >= 0.3 is 0 Å². The van der Waals surface area contributed by atoms with E-state index in [-0.39, 0.29) is 21.7 Å². The van der Waals surface area contributed by atoms with Crippen LogP contribution in [-0.2, 0) is 47.0 Å². The molecule has 0 aliphatic rings. The van der Waals surface area contributed by atoms with Crippen molar-refractivity contribution in [1.82, 2.24) is 0 Å². The molecule has 0 heterocycles. The molecule has 2 rings (SSSR count). The van der Waals surface area contributed by atoms with E-state index < -0.39 is 0 Å². The number of hydrogen-bond acceptors (Lipinski definition) is 2. The fraction of sp³-hybridized carbons (Fsp3) is 0.444. The molecule has 0 amide bonds. The Kier molecular flexibility index (Phi) is 31.5. The molecule has 0 saturated carbocycles. The molecular weight excluding hydrogens is 390 g/mol. The fourth-order valence-corrected chi connectivity index (χ4v) is 3.93. The summed E-state index contributed by atoms with van der Waals surface area (Å²) >= 11 is 9.49. The zero-order valence-electron chi connectivity index (χ0n) is 14.8. The molecule has 0 aromatic heterocycles. The summed E-state index contributed by atoms with van der Waals surface area (Å²) in [7, 11) is 0.591. The second kappa shape index (κ2) is 25.2. The van der Waals surface area contributed by atoms with Gasteiger partial charge in [0.25, 0.3) is 0 Å². The van der Waals surface area contributed by atoms with Crippen LogP contribution in [-0.4, -0.2) is 50.5 Å². The van der Waals surface area contributed by atoms with Crippen LogP contribution < -0.4 is 0 Å². The van der Waals surface area contributed by atoms with Gasteiger partial charge in [-0.3, -0.25) is 0 Å². The van der Waals surface area contributed by atoms with E-state index in [0.29, 0.717) is 15.8 Å². The van der Waals surface area contributed by atoms with Gasteiger partial charge in [-0.25, -0.2) is 24.3 Å².